The third kappa shape index (κ3) is 23.3. The van der Waals surface area contributed by atoms with Gasteiger partial charge in [0.25, 0.3) is 0 Å². The van der Waals surface area contributed by atoms with E-state index in [0.29, 0.717) is 17.5 Å². The fraction of sp³-hybridized carbons (Fsp3) is 0.650. The van der Waals surface area contributed by atoms with E-state index < -0.39 is 11.9 Å². The molecule has 0 bridgehead atoms. The average molecular weight is 679 g/mol. The fourth-order valence-electron chi connectivity index (χ4n) is 5.93. The van der Waals surface area contributed by atoms with Crippen LogP contribution in [0, 0.1) is 0 Å². The second kappa shape index (κ2) is 30.3. The van der Waals surface area contributed by atoms with E-state index in [9.17, 15) is 24.9 Å². The zero-order valence-corrected chi connectivity index (χ0v) is 31.9. The van der Waals surface area contributed by atoms with Crippen molar-refractivity contribution in [1.82, 2.24) is 0 Å². The summed E-state index contributed by atoms with van der Waals surface area (Å²) in [5, 5.41) is 41.0. The van der Waals surface area contributed by atoms with E-state index in [1.807, 2.05) is 0 Å². The Morgan fingerprint density at radius 2 is 0.915 bits per heavy atom. The predicted molar refractivity (Wildman–Crippen MR) is 191 cm³/mol. The van der Waals surface area contributed by atoms with Crippen molar-refractivity contribution < 1.29 is 30.0 Å². The van der Waals surface area contributed by atoms with E-state index in [-0.39, 0.29) is 54.8 Å². The van der Waals surface area contributed by atoms with Gasteiger partial charge in [0, 0.05) is 5.56 Å². The molecule has 260 valence electrons. The van der Waals surface area contributed by atoms with E-state index in [2.05, 4.69) is 13.8 Å². The van der Waals surface area contributed by atoms with Crippen molar-refractivity contribution in [2.24, 2.45) is 0 Å². The Labute approximate surface area is 315 Å². The summed E-state index contributed by atoms with van der Waals surface area (Å²) in [7, 11) is 0. The minimum absolute atomic E-state index is 0. The van der Waals surface area contributed by atoms with Crippen LogP contribution in [0.15, 0.2) is 36.4 Å². The van der Waals surface area contributed by atoms with Crippen LogP contribution in [0.4, 0.5) is 0 Å². The number of aryl methyl sites for hydroxylation is 2. The molecule has 0 amide bonds. The first kappa shape index (κ1) is 45.2. The van der Waals surface area contributed by atoms with Gasteiger partial charge in [-0.05, 0) is 55.0 Å². The maximum atomic E-state index is 11.4. The minimum atomic E-state index is -1.19. The Bertz CT molecular complexity index is 1000. The number of aromatic hydroxyl groups is 1. The molecular weight excluding hydrogens is 617 g/mol. The van der Waals surface area contributed by atoms with Crippen LogP contribution in [0.2, 0.25) is 0 Å². The standard InChI is InChI=1S/2C20H32O3.Ca/c2*1-2-3-4-5-6-7-8-9-10-11-12-13-17-16-18(21)14-15-19(17)20(22)23;/h2*14-16,21H,2-13H2,1H3,(H,22,23);/q;;+2/p-2. The summed E-state index contributed by atoms with van der Waals surface area (Å²) in [6, 6.07) is 8.60. The first-order valence-corrected chi connectivity index (χ1v) is 18.4. The molecule has 0 saturated heterocycles. The fourth-order valence-corrected chi connectivity index (χ4v) is 5.93. The summed E-state index contributed by atoms with van der Waals surface area (Å²) in [6.45, 7) is 4.49. The van der Waals surface area contributed by atoms with Crippen LogP contribution >= 0.6 is 0 Å². The number of phenols is 1. The SMILES string of the molecule is CCCCCCCCCCCCCc1cc(O)ccc1C(=O)O.CCCCCCCCCCCCCc1cc([O-])ccc1C(=O)[O-].[Ca+2]. The molecule has 47 heavy (non-hydrogen) atoms. The van der Waals surface area contributed by atoms with E-state index >= 15 is 0 Å². The van der Waals surface area contributed by atoms with Crippen molar-refractivity contribution in [3.05, 3.63) is 58.7 Å². The number of carbonyl (C=O) groups is 2. The van der Waals surface area contributed by atoms with Crippen LogP contribution in [-0.4, -0.2) is 59.9 Å². The smallest absolute Gasteiger partial charge is 0.872 e. The number of benzene rings is 2. The first-order chi connectivity index (χ1) is 22.3. The number of rotatable bonds is 26. The van der Waals surface area contributed by atoms with Gasteiger partial charge in [-0.15, -0.1) is 5.75 Å². The van der Waals surface area contributed by atoms with Crippen molar-refractivity contribution in [3.63, 3.8) is 0 Å². The zero-order valence-electron chi connectivity index (χ0n) is 29.7. The quantitative estimate of drug-likeness (QED) is 0.0755. The number of unbranched alkanes of at least 4 members (excludes halogenated alkanes) is 20. The van der Waals surface area contributed by atoms with E-state index in [4.69, 9.17) is 5.11 Å². The first-order valence-electron chi connectivity index (χ1n) is 18.4. The van der Waals surface area contributed by atoms with Gasteiger partial charge >= 0.3 is 43.7 Å². The molecule has 0 spiro atoms. The summed E-state index contributed by atoms with van der Waals surface area (Å²) >= 11 is 0. The van der Waals surface area contributed by atoms with Gasteiger partial charge in [-0.1, -0.05) is 160 Å². The average Bonchev–Trinajstić information content (AvgIpc) is 3.02. The molecule has 6 nitrogen and oxygen atoms in total. The molecule has 0 aliphatic rings. The number of carbonyl (C=O) groups excluding carboxylic acids is 1. The number of carboxylic acids is 2. The van der Waals surface area contributed by atoms with Gasteiger partial charge in [-0.3, -0.25) is 0 Å². The van der Waals surface area contributed by atoms with Crippen molar-refractivity contribution in [3.8, 4) is 11.5 Å². The Morgan fingerprint density at radius 1 is 0.553 bits per heavy atom. The molecular formula is C40H62CaO6. The number of aromatic carboxylic acids is 2. The molecule has 0 fully saturated rings. The molecule has 0 atom stereocenters. The number of hydrogen-bond donors (Lipinski definition) is 2. The molecule has 2 rings (SSSR count). The van der Waals surface area contributed by atoms with Gasteiger partial charge in [-0.2, -0.15) is 0 Å². The molecule has 7 heteroatoms. The van der Waals surface area contributed by atoms with Gasteiger partial charge in [-0.25, -0.2) is 4.79 Å². The summed E-state index contributed by atoms with van der Waals surface area (Å²) < 4.78 is 0. The third-order valence-corrected chi connectivity index (χ3v) is 8.72. The monoisotopic (exact) mass is 678 g/mol. The third-order valence-electron chi connectivity index (χ3n) is 8.72. The number of hydrogen-bond acceptors (Lipinski definition) is 5. The van der Waals surface area contributed by atoms with Gasteiger partial charge in [0.1, 0.15) is 5.75 Å². The van der Waals surface area contributed by atoms with E-state index in [1.54, 1.807) is 6.07 Å². The van der Waals surface area contributed by atoms with Crippen LogP contribution < -0.4 is 10.2 Å². The van der Waals surface area contributed by atoms with Crippen LogP contribution in [0.5, 0.6) is 11.5 Å². The Balaban J connectivity index is 0.000000882. The van der Waals surface area contributed by atoms with Crippen LogP contribution in [0.3, 0.4) is 0 Å². The normalized spacial score (nSPS) is 10.6. The van der Waals surface area contributed by atoms with Crippen LogP contribution in [0.25, 0.3) is 0 Å². The zero-order chi connectivity index (χ0) is 33.8. The second-order valence-corrected chi connectivity index (χ2v) is 12.8. The Kier molecular flexibility index (Phi) is 29.2. The van der Waals surface area contributed by atoms with Gasteiger partial charge in [0.2, 0.25) is 0 Å². The molecule has 0 radical (unpaired) electrons. The summed E-state index contributed by atoms with van der Waals surface area (Å²) in [5.74, 6) is -2.09. The molecule has 0 aromatic heterocycles. The Hall–Kier alpha value is -1.76. The maximum absolute atomic E-state index is 11.4. The molecule has 0 unspecified atom stereocenters. The summed E-state index contributed by atoms with van der Waals surface area (Å²) in [6.07, 6.45) is 29.3. The van der Waals surface area contributed by atoms with E-state index in [0.717, 1.165) is 37.7 Å². The van der Waals surface area contributed by atoms with Gasteiger partial charge < -0.3 is 25.2 Å². The molecule has 0 aliphatic carbocycles. The van der Waals surface area contributed by atoms with E-state index in [1.165, 1.54) is 146 Å². The molecule has 0 aliphatic heterocycles. The minimum Gasteiger partial charge on any atom is -0.872 e. The van der Waals surface area contributed by atoms with Crippen LogP contribution in [-0.2, 0) is 12.8 Å². The molecule has 0 saturated carbocycles. The van der Waals surface area contributed by atoms with Crippen molar-refractivity contribution >= 4 is 49.7 Å². The topological polar surface area (TPSA) is 121 Å². The number of carboxylic acid groups (broad SMARTS) is 2. The largest absolute Gasteiger partial charge is 2.00 e. The molecule has 2 aromatic carbocycles. The summed E-state index contributed by atoms with van der Waals surface area (Å²) in [5.41, 5.74) is 1.84. The van der Waals surface area contributed by atoms with Crippen molar-refractivity contribution in [1.29, 1.82) is 0 Å². The van der Waals surface area contributed by atoms with Gasteiger partial charge in [0.05, 0.1) is 11.5 Å². The summed E-state index contributed by atoms with van der Waals surface area (Å²) in [4.78, 5) is 22.2. The van der Waals surface area contributed by atoms with Gasteiger partial charge in [0.15, 0.2) is 0 Å². The van der Waals surface area contributed by atoms with Crippen molar-refractivity contribution in [2.45, 2.75) is 168 Å². The molecule has 2 N–H and O–H groups in total. The Morgan fingerprint density at radius 3 is 1.30 bits per heavy atom. The predicted octanol–water partition coefficient (Wildman–Crippen LogP) is 9.54. The molecule has 0 heterocycles. The van der Waals surface area contributed by atoms with Crippen LogP contribution in [0.1, 0.15) is 187 Å². The maximum Gasteiger partial charge on any atom is 2.00 e. The second-order valence-electron chi connectivity index (χ2n) is 12.8. The molecule has 2 aromatic rings. The number of phenolic OH excluding ortho intramolecular Hbond substituents is 1. The van der Waals surface area contributed by atoms with Crippen molar-refractivity contribution in [2.75, 3.05) is 0 Å².